The summed E-state index contributed by atoms with van der Waals surface area (Å²) in [5.41, 5.74) is 4.78. The molecule has 2 heterocycles. The Morgan fingerprint density at radius 3 is 2.77 bits per heavy atom. The summed E-state index contributed by atoms with van der Waals surface area (Å²) >= 11 is 0. The fourth-order valence-electron chi connectivity index (χ4n) is 1.23. The monoisotopic (exact) mass is 185 g/mol. The summed E-state index contributed by atoms with van der Waals surface area (Å²) in [6, 6.07) is -0.596. The van der Waals surface area contributed by atoms with Gasteiger partial charge in [0.2, 0.25) is 0 Å². The van der Waals surface area contributed by atoms with Crippen LogP contribution in [0.3, 0.4) is 0 Å². The van der Waals surface area contributed by atoms with Gasteiger partial charge in [-0.05, 0) is 10.4 Å². The molecule has 13 heavy (non-hydrogen) atoms. The van der Waals surface area contributed by atoms with Crippen molar-refractivity contribution >= 4 is 0 Å². The second-order valence-electron chi connectivity index (χ2n) is 3.23. The third kappa shape index (κ3) is 1.21. The van der Waals surface area contributed by atoms with Gasteiger partial charge in [-0.2, -0.15) is 0 Å². The molecule has 2 rings (SSSR count). The van der Waals surface area contributed by atoms with E-state index in [0.29, 0.717) is 5.82 Å². The number of tetrazole rings is 1. The van der Waals surface area contributed by atoms with E-state index in [1.165, 1.54) is 4.68 Å². The van der Waals surface area contributed by atoms with Gasteiger partial charge in [-0.1, -0.05) is 0 Å². The highest BCUT2D eigenvalue weighted by Crippen LogP contribution is 2.28. The minimum absolute atomic E-state index is 0.237. The molecule has 7 heteroatoms. The van der Waals surface area contributed by atoms with E-state index >= 15 is 0 Å². The molecule has 3 N–H and O–H groups in total. The first-order valence-electron chi connectivity index (χ1n) is 3.91. The minimum Gasteiger partial charge on any atom is -0.383 e. The first-order valence-corrected chi connectivity index (χ1v) is 3.91. The fourth-order valence-corrected chi connectivity index (χ4v) is 1.23. The van der Waals surface area contributed by atoms with Crippen molar-refractivity contribution < 1.29 is 9.84 Å². The molecule has 7 nitrogen and oxygen atoms in total. The van der Waals surface area contributed by atoms with Gasteiger partial charge in [0.05, 0.1) is 13.2 Å². The molecule has 0 spiro atoms. The summed E-state index contributed by atoms with van der Waals surface area (Å²) in [6.07, 6.45) is 0. The molecule has 1 aliphatic heterocycles. The number of aromatic nitrogens is 4. The van der Waals surface area contributed by atoms with Gasteiger partial charge in [-0.3, -0.25) is 0 Å². The highest BCUT2D eigenvalue weighted by atomic mass is 16.5. The fraction of sp³-hybridized carbons (Fsp3) is 0.833. The van der Waals surface area contributed by atoms with Crippen LogP contribution >= 0.6 is 0 Å². The number of hydrogen-bond acceptors (Lipinski definition) is 6. The minimum atomic E-state index is -1.01. The highest BCUT2D eigenvalue weighted by Gasteiger charge is 2.45. The lowest BCUT2D eigenvalue weighted by atomic mass is 9.92. The van der Waals surface area contributed by atoms with E-state index in [-0.39, 0.29) is 13.2 Å². The average Bonchev–Trinajstić information content (AvgIpc) is 2.46. The van der Waals surface area contributed by atoms with Gasteiger partial charge < -0.3 is 15.6 Å². The molecule has 0 bridgehead atoms. The lowest BCUT2D eigenvalue weighted by molar-refractivity contribution is -0.192. The van der Waals surface area contributed by atoms with Gasteiger partial charge >= 0.3 is 0 Å². The molecule has 1 saturated heterocycles. The maximum Gasteiger partial charge on any atom is 0.170 e. The Balaban J connectivity index is 2.22. The number of ether oxygens (including phenoxy) is 1. The van der Waals surface area contributed by atoms with Crippen molar-refractivity contribution in [2.45, 2.75) is 11.6 Å². The van der Waals surface area contributed by atoms with Gasteiger partial charge in [0, 0.05) is 7.05 Å². The largest absolute Gasteiger partial charge is 0.383 e. The van der Waals surface area contributed by atoms with Crippen LogP contribution in [0.15, 0.2) is 0 Å². The van der Waals surface area contributed by atoms with Gasteiger partial charge in [0.1, 0.15) is 11.6 Å². The van der Waals surface area contributed by atoms with Gasteiger partial charge in [-0.15, -0.1) is 5.10 Å². The molecule has 1 fully saturated rings. The van der Waals surface area contributed by atoms with Crippen molar-refractivity contribution in [3.8, 4) is 0 Å². The van der Waals surface area contributed by atoms with E-state index in [1.807, 2.05) is 0 Å². The standard InChI is InChI=1S/C6H11N5O2/c1-11-5(8-9-10-11)4(7)6(12)2-13-3-6/h4,12H,2-3,7H2,1H3. The van der Waals surface area contributed by atoms with Gasteiger partial charge in [-0.25, -0.2) is 4.68 Å². The average molecular weight is 185 g/mol. The molecule has 0 aromatic carbocycles. The van der Waals surface area contributed by atoms with Crippen LogP contribution in [-0.4, -0.2) is 44.1 Å². The molecule has 0 saturated carbocycles. The van der Waals surface area contributed by atoms with Crippen molar-refractivity contribution in [2.75, 3.05) is 13.2 Å². The van der Waals surface area contributed by atoms with Crippen LogP contribution in [0.1, 0.15) is 11.9 Å². The predicted molar refractivity (Wildman–Crippen MR) is 41.5 cm³/mol. The number of hydrogen-bond donors (Lipinski definition) is 2. The summed E-state index contributed by atoms with van der Waals surface area (Å²) in [5, 5.41) is 20.6. The van der Waals surface area contributed by atoms with Crippen LogP contribution in [0.2, 0.25) is 0 Å². The molecule has 1 unspecified atom stereocenters. The maximum atomic E-state index is 9.82. The molecule has 72 valence electrons. The molecule has 0 amide bonds. The third-order valence-corrected chi connectivity index (χ3v) is 2.21. The molecular formula is C6H11N5O2. The third-order valence-electron chi connectivity index (χ3n) is 2.21. The van der Waals surface area contributed by atoms with Crippen molar-refractivity contribution in [3.63, 3.8) is 0 Å². The normalized spacial score (nSPS) is 22.4. The zero-order valence-electron chi connectivity index (χ0n) is 7.21. The van der Waals surface area contributed by atoms with E-state index in [9.17, 15) is 5.11 Å². The Morgan fingerprint density at radius 2 is 2.38 bits per heavy atom. The molecule has 1 aromatic heterocycles. The SMILES string of the molecule is Cn1nnnc1C(N)C1(O)COC1. The van der Waals surface area contributed by atoms with Crippen molar-refractivity contribution in [2.24, 2.45) is 12.8 Å². The van der Waals surface area contributed by atoms with E-state index in [0.717, 1.165) is 0 Å². The van der Waals surface area contributed by atoms with Crippen LogP contribution in [0, 0.1) is 0 Å². The number of nitrogens with zero attached hydrogens (tertiary/aromatic N) is 4. The lowest BCUT2D eigenvalue weighted by Gasteiger charge is -2.39. The Labute approximate surface area is 74.5 Å². The molecule has 1 atom stereocenters. The summed E-state index contributed by atoms with van der Waals surface area (Å²) < 4.78 is 6.33. The van der Waals surface area contributed by atoms with Crippen LogP contribution in [0.5, 0.6) is 0 Å². The maximum absolute atomic E-state index is 9.82. The zero-order valence-corrected chi connectivity index (χ0v) is 7.21. The second-order valence-corrected chi connectivity index (χ2v) is 3.23. The van der Waals surface area contributed by atoms with Crippen molar-refractivity contribution in [3.05, 3.63) is 5.82 Å². The van der Waals surface area contributed by atoms with Crippen molar-refractivity contribution in [1.29, 1.82) is 0 Å². The van der Waals surface area contributed by atoms with E-state index in [1.54, 1.807) is 7.05 Å². The molecule has 1 aromatic rings. The van der Waals surface area contributed by atoms with Crippen LogP contribution < -0.4 is 5.73 Å². The first kappa shape index (κ1) is 8.54. The number of nitrogens with two attached hydrogens (primary N) is 1. The van der Waals surface area contributed by atoms with Crippen LogP contribution in [0.4, 0.5) is 0 Å². The van der Waals surface area contributed by atoms with E-state index in [2.05, 4.69) is 15.5 Å². The quantitative estimate of drug-likeness (QED) is 0.551. The second kappa shape index (κ2) is 2.72. The number of aliphatic hydroxyl groups is 1. The molecular weight excluding hydrogens is 174 g/mol. The number of rotatable bonds is 2. The van der Waals surface area contributed by atoms with Crippen LogP contribution in [0.25, 0.3) is 0 Å². The summed E-state index contributed by atoms with van der Waals surface area (Å²) in [5.74, 6) is 0.464. The molecule has 0 aliphatic carbocycles. The Bertz CT molecular complexity index is 308. The topological polar surface area (TPSA) is 99.1 Å². The van der Waals surface area contributed by atoms with Gasteiger partial charge in [0.25, 0.3) is 0 Å². The van der Waals surface area contributed by atoms with Gasteiger partial charge in [0.15, 0.2) is 5.82 Å². The summed E-state index contributed by atoms with van der Waals surface area (Å²) in [6.45, 7) is 0.474. The Kier molecular flexibility index (Phi) is 1.79. The smallest absolute Gasteiger partial charge is 0.170 e. The Hall–Kier alpha value is -1.05. The van der Waals surface area contributed by atoms with Crippen LogP contribution in [-0.2, 0) is 11.8 Å². The van der Waals surface area contributed by atoms with E-state index in [4.69, 9.17) is 10.5 Å². The molecule has 0 radical (unpaired) electrons. The molecule has 1 aliphatic rings. The highest BCUT2D eigenvalue weighted by molar-refractivity contribution is 5.05. The zero-order chi connectivity index (χ0) is 9.47. The lowest BCUT2D eigenvalue weighted by Crippen LogP contribution is -2.57. The predicted octanol–water partition coefficient (Wildman–Crippen LogP) is -2.03. The summed E-state index contributed by atoms with van der Waals surface area (Å²) in [4.78, 5) is 0. The number of aryl methyl sites for hydroxylation is 1. The van der Waals surface area contributed by atoms with Crippen molar-refractivity contribution in [1.82, 2.24) is 20.2 Å². The first-order chi connectivity index (χ1) is 6.13. The Morgan fingerprint density at radius 1 is 1.69 bits per heavy atom. The summed E-state index contributed by atoms with van der Waals surface area (Å²) in [7, 11) is 1.68. The van der Waals surface area contributed by atoms with E-state index < -0.39 is 11.6 Å².